The predicted octanol–water partition coefficient (Wildman–Crippen LogP) is 4.73. The average Bonchev–Trinajstić information content (AvgIpc) is 2.41. The third-order valence-electron chi connectivity index (χ3n) is 2.49. The number of benzene rings is 2. The lowest BCUT2D eigenvalue weighted by atomic mass is 10.2. The Kier molecular flexibility index (Phi) is 4.57. The van der Waals surface area contributed by atoms with Crippen molar-refractivity contribution in [1.82, 2.24) is 0 Å². The summed E-state index contributed by atoms with van der Waals surface area (Å²) in [4.78, 5) is 10.2. The fourth-order valence-corrected chi connectivity index (χ4v) is 2.08. The fourth-order valence-electron chi connectivity index (χ4n) is 1.54. The van der Waals surface area contributed by atoms with Crippen LogP contribution in [0.2, 0.25) is 5.02 Å². The molecular formula is C13H8BrClFNO3. The van der Waals surface area contributed by atoms with Gasteiger partial charge >= 0.3 is 0 Å². The van der Waals surface area contributed by atoms with Crippen LogP contribution in [0.5, 0.6) is 5.75 Å². The molecule has 0 heterocycles. The molecule has 0 spiro atoms. The Morgan fingerprint density at radius 2 is 2.05 bits per heavy atom. The van der Waals surface area contributed by atoms with Gasteiger partial charge in [-0.25, -0.2) is 4.39 Å². The third kappa shape index (κ3) is 3.46. The van der Waals surface area contributed by atoms with Gasteiger partial charge in [0.05, 0.1) is 9.40 Å². The van der Waals surface area contributed by atoms with Gasteiger partial charge in [0.1, 0.15) is 23.2 Å². The second-order valence-electron chi connectivity index (χ2n) is 3.91. The van der Waals surface area contributed by atoms with Crippen LogP contribution in [0.1, 0.15) is 5.56 Å². The Hall–Kier alpha value is -1.66. The number of hydrogen-bond acceptors (Lipinski definition) is 3. The smallest absolute Gasteiger partial charge is 0.288 e. The Morgan fingerprint density at radius 3 is 2.75 bits per heavy atom. The van der Waals surface area contributed by atoms with Crippen molar-refractivity contribution in [2.75, 3.05) is 0 Å². The highest BCUT2D eigenvalue weighted by Crippen LogP contribution is 2.28. The summed E-state index contributed by atoms with van der Waals surface area (Å²) >= 11 is 8.95. The molecule has 2 aromatic carbocycles. The highest BCUT2D eigenvalue weighted by Gasteiger charge is 2.13. The fraction of sp³-hybridized carbons (Fsp3) is 0.0769. The molecule has 0 bridgehead atoms. The first-order chi connectivity index (χ1) is 9.47. The normalized spacial score (nSPS) is 10.3. The molecule has 0 aromatic heterocycles. The standard InChI is InChI=1S/C13H8BrClFNO3/c14-10-3-2-9(16)6-13(10)20-7-8-1-4-11(15)12(5-8)17(18)19/h1-6H,7H2. The van der Waals surface area contributed by atoms with E-state index in [2.05, 4.69) is 15.9 Å². The Labute approximate surface area is 127 Å². The van der Waals surface area contributed by atoms with Gasteiger partial charge in [0.2, 0.25) is 0 Å². The van der Waals surface area contributed by atoms with Crippen LogP contribution in [0.3, 0.4) is 0 Å². The van der Waals surface area contributed by atoms with E-state index in [9.17, 15) is 14.5 Å². The van der Waals surface area contributed by atoms with Gasteiger partial charge in [-0.05, 0) is 39.7 Å². The molecule has 20 heavy (non-hydrogen) atoms. The number of nitro benzene ring substituents is 1. The molecule has 0 radical (unpaired) electrons. The second kappa shape index (κ2) is 6.19. The van der Waals surface area contributed by atoms with E-state index in [-0.39, 0.29) is 17.3 Å². The van der Waals surface area contributed by atoms with Gasteiger partial charge in [-0.2, -0.15) is 0 Å². The minimum atomic E-state index is -0.566. The number of nitro groups is 1. The first kappa shape index (κ1) is 14.7. The van der Waals surface area contributed by atoms with Crippen molar-refractivity contribution in [1.29, 1.82) is 0 Å². The molecule has 0 aliphatic carbocycles. The van der Waals surface area contributed by atoms with Crippen molar-refractivity contribution < 1.29 is 14.1 Å². The molecular weight excluding hydrogens is 353 g/mol. The molecule has 0 saturated heterocycles. The first-order valence-corrected chi connectivity index (χ1v) is 6.65. The van der Waals surface area contributed by atoms with Gasteiger partial charge in [0.15, 0.2) is 0 Å². The van der Waals surface area contributed by atoms with Crippen molar-refractivity contribution in [2.24, 2.45) is 0 Å². The molecule has 0 N–H and O–H groups in total. The molecule has 2 aromatic rings. The number of halogens is 3. The van der Waals surface area contributed by atoms with E-state index in [1.54, 1.807) is 6.07 Å². The predicted molar refractivity (Wildman–Crippen MR) is 76.5 cm³/mol. The van der Waals surface area contributed by atoms with Crippen LogP contribution in [-0.4, -0.2) is 4.92 Å². The third-order valence-corrected chi connectivity index (χ3v) is 3.47. The molecule has 2 rings (SSSR count). The quantitative estimate of drug-likeness (QED) is 0.585. The van der Waals surface area contributed by atoms with Crippen molar-refractivity contribution in [2.45, 2.75) is 6.61 Å². The van der Waals surface area contributed by atoms with Gasteiger partial charge in [-0.1, -0.05) is 17.7 Å². The summed E-state index contributed by atoms with van der Waals surface area (Å²) in [5.74, 6) is -0.104. The van der Waals surface area contributed by atoms with Crippen molar-refractivity contribution in [3.63, 3.8) is 0 Å². The second-order valence-corrected chi connectivity index (χ2v) is 5.17. The minimum Gasteiger partial charge on any atom is -0.488 e. The maximum absolute atomic E-state index is 13.1. The largest absolute Gasteiger partial charge is 0.488 e. The van der Waals surface area contributed by atoms with Crippen LogP contribution < -0.4 is 4.74 Å². The highest BCUT2D eigenvalue weighted by molar-refractivity contribution is 9.10. The van der Waals surface area contributed by atoms with Crippen molar-refractivity contribution >= 4 is 33.2 Å². The zero-order chi connectivity index (χ0) is 14.7. The van der Waals surface area contributed by atoms with Crippen LogP contribution in [0.15, 0.2) is 40.9 Å². The van der Waals surface area contributed by atoms with E-state index in [4.69, 9.17) is 16.3 Å². The van der Waals surface area contributed by atoms with Gasteiger partial charge in [-0.15, -0.1) is 0 Å². The lowest BCUT2D eigenvalue weighted by Gasteiger charge is -2.08. The molecule has 0 amide bonds. The molecule has 0 saturated carbocycles. The first-order valence-electron chi connectivity index (χ1n) is 5.48. The maximum atomic E-state index is 13.1. The molecule has 4 nitrogen and oxygen atoms in total. The van der Waals surface area contributed by atoms with E-state index in [1.165, 1.54) is 30.3 Å². The molecule has 7 heteroatoms. The SMILES string of the molecule is O=[N+]([O-])c1cc(COc2cc(F)ccc2Br)ccc1Cl. The Morgan fingerprint density at radius 1 is 1.30 bits per heavy atom. The topological polar surface area (TPSA) is 52.4 Å². The number of nitrogens with zero attached hydrogens (tertiary/aromatic N) is 1. The van der Waals surface area contributed by atoms with Crippen LogP contribution in [-0.2, 0) is 6.61 Å². The average molecular weight is 361 g/mol. The van der Waals surface area contributed by atoms with E-state index in [0.29, 0.717) is 15.8 Å². The summed E-state index contributed by atoms with van der Waals surface area (Å²) in [6.07, 6.45) is 0. The highest BCUT2D eigenvalue weighted by atomic mass is 79.9. The van der Waals surface area contributed by atoms with E-state index in [0.717, 1.165) is 0 Å². The Bertz CT molecular complexity index is 666. The summed E-state index contributed by atoms with van der Waals surface area (Å²) in [5, 5.41) is 10.8. The minimum absolute atomic E-state index is 0.0608. The molecule has 0 fully saturated rings. The molecule has 0 unspecified atom stereocenters. The van der Waals surface area contributed by atoms with Gasteiger partial charge < -0.3 is 4.74 Å². The van der Waals surface area contributed by atoms with Crippen LogP contribution in [0.25, 0.3) is 0 Å². The van der Waals surface area contributed by atoms with Gasteiger partial charge in [0, 0.05) is 12.1 Å². The van der Waals surface area contributed by atoms with Gasteiger partial charge in [0.25, 0.3) is 5.69 Å². The Balaban J connectivity index is 2.17. The van der Waals surface area contributed by atoms with E-state index < -0.39 is 10.7 Å². The van der Waals surface area contributed by atoms with E-state index >= 15 is 0 Å². The van der Waals surface area contributed by atoms with Crippen LogP contribution >= 0.6 is 27.5 Å². The zero-order valence-electron chi connectivity index (χ0n) is 9.98. The van der Waals surface area contributed by atoms with Crippen molar-refractivity contribution in [3.8, 4) is 5.75 Å². The van der Waals surface area contributed by atoms with Crippen LogP contribution in [0.4, 0.5) is 10.1 Å². The van der Waals surface area contributed by atoms with Crippen LogP contribution in [0, 0.1) is 15.9 Å². The van der Waals surface area contributed by atoms with Crippen molar-refractivity contribution in [3.05, 3.63) is 67.4 Å². The number of rotatable bonds is 4. The van der Waals surface area contributed by atoms with Gasteiger partial charge in [-0.3, -0.25) is 10.1 Å². The summed E-state index contributed by atoms with van der Waals surface area (Å²) in [6, 6.07) is 8.42. The molecule has 0 aliphatic rings. The molecule has 0 aliphatic heterocycles. The maximum Gasteiger partial charge on any atom is 0.288 e. The number of hydrogen-bond donors (Lipinski definition) is 0. The monoisotopic (exact) mass is 359 g/mol. The summed E-state index contributed by atoms with van der Waals surface area (Å²) in [7, 11) is 0. The lowest BCUT2D eigenvalue weighted by Crippen LogP contribution is -1.98. The molecule has 104 valence electrons. The number of ether oxygens (including phenoxy) is 1. The lowest BCUT2D eigenvalue weighted by molar-refractivity contribution is -0.384. The summed E-state index contributed by atoms with van der Waals surface area (Å²) in [6.45, 7) is 0.0695. The van der Waals surface area contributed by atoms with E-state index in [1.807, 2.05) is 0 Å². The molecule has 0 atom stereocenters. The summed E-state index contributed by atoms with van der Waals surface area (Å²) in [5.41, 5.74) is 0.378. The zero-order valence-corrected chi connectivity index (χ0v) is 12.3. The summed E-state index contributed by atoms with van der Waals surface area (Å²) < 4.78 is 19.1.